The van der Waals surface area contributed by atoms with Crippen LogP contribution in [0.3, 0.4) is 0 Å². The molecule has 0 aromatic heterocycles. The van der Waals surface area contributed by atoms with Crippen molar-refractivity contribution in [2.45, 2.75) is 12.5 Å². The highest BCUT2D eigenvalue weighted by Crippen LogP contribution is 2.32. The van der Waals surface area contributed by atoms with Gasteiger partial charge in [0.15, 0.2) is 11.5 Å². The Hall–Kier alpha value is -1.46. The molecule has 1 unspecified atom stereocenters. The summed E-state index contributed by atoms with van der Waals surface area (Å²) in [7, 11) is 0. The van der Waals surface area contributed by atoms with Crippen molar-refractivity contribution in [2.24, 2.45) is 0 Å². The first-order valence-electron chi connectivity index (χ1n) is 6.11. The Bertz CT molecular complexity index is 452. The van der Waals surface area contributed by atoms with Crippen LogP contribution in [0.4, 0.5) is 0 Å². The average molecular weight is 286 g/mol. The van der Waals surface area contributed by atoms with Crippen LogP contribution in [-0.4, -0.2) is 36.7 Å². The fourth-order valence-corrected chi connectivity index (χ4v) is 1.94. The predicted octanol–water partition coefficient (Wildman–Crippen LogP) is 1.24. The van der Waals surface area contributed by atoms with Crippen LogP contribution in [0.2, 0.25) is 0 Å². The summed E-state index contributed by atoms with van der Waals surface area (Å²) >= 11 is 5.45. The SMILES string of the molecule is O=C(CCCl)NCC(O)c1ccc2c(c1)OCCO2. The van der Waals surface area contributed by atoms with E-state index in [9.17, 15) is 9.90 Å². The number of nitrogens with one attached hydrogen (secondary N) is 1. The molecule has 19 heavy (non-hydrogen) atoms. The molecule has 1 aliphatic rings. The molecule has 1 heterocycles. The highest BCUT2D eigenvalue weighted by Gasteiger charge is 2.15. The van der Waals surface area contributed by atoms with Gasteiger partial charge in [-0.25, -0.2) is 0 Å². The Kier molecular flexibility index (Phi) is 4.87. The molecule has 1 aliphatic heterocycles. The van der Waals surface area contributed by atoms with Gasteiger partial charge in [0.2, 0.25) is 5.91 Å². The van der Waals surface area contributed by atoms with Crippen LogP contribution in [0.1, 0.15) is 18.1 Å². The molecule has 0 saturated heterocycles. The van der Waals surface area contributed by atoms with E-state index in [0.29, 0.717) is 30.3 Å². The molecule has 1 atom stereocenters. The van der Waals surface area contributed by atoms with Crippen molar-refractivity contribution in [2.75, 3.05) is 25.6 Å². The second-order valence-corrected chi connectivity index (χ2v) is 4.54. The van der Waals surface area contributed by atoms with Crippen molar-refractivity contribution in [3.05, 3.63) is 23.8 Å². The minimum atomic E-state index is -0.782. The summed E-state index contributed by atoms with van der Waals surface area (Å²) in [6, 6.07) is 5.24. The van der Waals surface area contributed by atoms with Gasteiger partial charge in [-0.3, -0.25) is 4.79 Å². The zero-order valence-electron chi connectivity index (χ0n) is 10.4. The summed E-state index contributed by atoms with van der Waals surface area (Å²) < 4.78 is 10.8. The normalized spacial score (nSPS) is 14.8. The Morgan fingerprint density at radius 1 is 1.37 bits per heavy atom. The molecule has 0 bridgehead atoms. The molecule has 0 radical (unpaired) electrons. The molecule has 2 rings (SSSR count). The predicted molar refractivity (Wildman–Crippen MR) is 70.7 cm³/mol. The van der Waals surface area contributed by atoms with Gasteiger partial charge in [0, 0.05) is 18.8 Å². The number of halogens is 1. The van der Waals surface area contributed by atoms with Crippen LogP contribution in [0, 0.1) is 0 Å². The van der Waals surface area contributed by atoms with E-state index < -0.39 is 6.10 Å². The van der Waals surface area contributed by atoms with E-state index in [0.717, 1.165) is 0 Å². The topological polar surface area (TPSA) is 67.8 Å². The van der Waals surface area contributed by atoms with Gasteiger partial charge in [-0.05, 0) is 17.7 Å². The molecule has 104 valence electrons. The van der Waals surface area contributed by atoms with Crippen molar-refractivity contribution in [1.29, 1.82) is 0 Å². The maximum atomic E-state index is 11.3. The van der Waals surface area contributed by atoms with Gasteiger partial charge in [-0.2, -0.15) is 0 Å². The van der Waals surface area contributed by atoms with Crippen LogP contribution in [-0.2, 0) is 4.79 Å². The van der Waals surface area contributed by atoms with Crippen LogP contribution in [0.25, 0.3) is 0 Å². The summed E-state index contributed by atoms with van der Waals surface area (Å²) in [6.45, 7) is 1.18. The largest absolute Gasteiger partial charge is 0.486 e. The minimum absolute atomic E-state index is 0.148. The molecular formula is C13H16ClNO4. The standard InChI is InChI=1S/C13H16ClNO4/c14-4-3-13(17)15-8-10(16)9-1-2-11-12(7-9)19-6-5-18-11/h1-2,7,10,16H,3-6,8H2,(H,15,17). The van der Waals surface area contributed by atoms with Crippen LogP contribution in [0.15, 0.2) is 18.2 Å². The van der Waals surface area contributed by atoms with Crippen LogP contribution >= 0.6 is 11.6 Å². The second kappa shape index (κ2) is 6.63. The van der Waals surface area contributed by atoms with Gasteiger partial charge in [0.05, 0.1) is 6.10 Å². The van der Waals surface area contributed by atoms with Crippen molar-refractivity contribution < 1.29 is 19.4 Å². The molecule has 1 amide bonds. The summed E-state index contributed by atoms with van der Waals surface area (Å²) in [5.74, 6) is 1.39. The van der Waals surface area contributed by atoms with E-state index in [1.165, 1.54) is 0 Å². The minimum Gasteiger partial charge on any atom is -0.486 e. The first kappa shape index (κ1) is 14.0. The van der Waals surface area contributed by atoms with Crippen LogP contribution < -0.4 is 14.8 Å². The number of aliphatic hydroxyl groups is 1. The van der Waals surface area contributed by atoms with E-state index in [1.54, 1.807) is 18.2 Å². The number of aliphatic hydroxyl groups excluding tert-OH is 1. The molecule has 0 saturated carbocycles. The van der Waals surface area contributed by atoms with Crippen molar-refractivity contribution in [3.63, 3.8) is 0 Å². The number of hydrogen-bond acceptors (Lipinski definition) is 4. The highest BCUT2D eigenvalue weighted by molar-refractivity contribution is 6.18. The third-order valence-corrected chi connectivity index (χ3v) is 2.95. The Balaban J connectivity index is 1.95. The Labute approximate surface area is 116 Å². The zero-order valence-corrected chi connectivity index (χ0v) is 11.2. The molecule has 6 heteroatoms. The van der Waals surface area contributed by atoms with E-state index >= 15 is 0 Å². The van der Waals surface area contributed by atoms with Gasteiger partial charge in [0.1, 0.15) is 13.2 Å². The van der Waals surface area contributed by atoms with Gasteiger partial charge in [0.25, 0.3) is 0 Å². The number of amides is 1. The first-order chi connectivity index (χ1) is 9.20. The summed E-state index contributed by atoms with van der Waals surface area (Å²) in [6.07, 6.45) is -0.537. The molecule has 0 spiro atoms. The number of carbonyl (C=O) groups excluding carboxylic acids is 1. The maximum Gasteiger partial charge on any atom is 0.221 e. The number of alkyl halides is 1. The van der Waals surface area contributed by atoms with E-state index in [4.69, 9.17) is 21.1 Å². The number of benzene rings is 1. The number of ether oxygens (including phenoxy) is 2. The van der Waals surface area contributed by atoms with Gasteiger partial charge in [-0.1, -0.05) is 6.07 Å². The lowest BCUT2D eigenvalue weighted by Gasteiger charge is -2.20. The van der Waals surface area contributed by atoms with Gasteiger partial charge >= 0.3 is 0 Å². The molecule has 0 aliphatic carbocycles. The van der Waals surface area contributed by atoms with E-state index in [1.807, 2.05) is 0 Å². The summed E-state index contributed by atoms with van der Waals surface area (Å²) in [5, 5.41) is 12.6. The first-order valence-corrected chi connectivity index (χ1v) is 6.64. The average Bonchev–Trinajstić information content (AvgIpc) is 2.44. The summed E-state index contributed by atoms with van der Waals surface area (Å²) in [4.78, 5) is 11.3. The van der Waals surface area contributed by atoms with Crippen molar-refractivity contribution in [3.8, 4) is 11.5 Å². The second-order valence-electron chi connectivity index (χ2n) is 4.16. The molecule has 1 aromatic rings. The van der Waals surface area contributed by atoms with E-state index in [-0.39, 0.29) is 24.8 Å². The van der Waals surface area contributed by atoms with Crippen molar-refractivity contribution in [1.82, 2.24) is 5.32 Å². The quantitative estimate of drug-likeness (QED) is 0.799. The molecule has 2 N–H and O–H groups in total. The number of fused-ring (bicyclic) bond motifs is 1. The Morgan fingerprint density at radius 2 is 2.11 bits per heavy atom. The third-order valence-electron chi connectivity index (χ3n) is 2.77. The number of carbonyl (C=O) groups is 1. The summed E-state index contributed by atoms with van der Waals surface area (Å²) in [5.41, 5.74) is 0.676. The molecule has 0 fully saturated rings. The fraction of sp³-hybridized carbons (Fsp3) is 0.462. The lowest BCUT2D eigenvalue weighted by Crippen LogP contribution is -2.28. The third kappa shape index (κ3) is 3.75. The zero-order chi connectivity index (χ0) is 13.7. The lowest BCUT2D eigenvalue weighted by atomic mass is 10.1. The van der Waals surface area contributed by atoms with Crippen molar-refractivity contribution >= 4 is 17.5 Å². The van der Waals surface area contributed by atoms with E-state index in [2.05, 4.69) is 5.32 Å². The Morgan fingerprint density at radius 3 is 2.84 bits per heavy atom. The maximum absolute atomic E-state index is 11.3. The molecule has 5 nitrogen and oxygen atoms in total. The van der Waals surface area contributed by atoms with Gasteiger partial charge < -0.3 is 19.9 Å². The molecule has 1 aromatic carbocycles. The number of rotatable bonds is 5. The fourth-order valence-electron chi connectivity index (χ4n) is 1.77. The highest BCUT2D eigenvalue weighted by atomic mass is 35.5. The molecular weight excluding hydrogens is 270 g/mol. The van der Waals surface area contributed by atoms with Crippen LogP contribution in [0.5, 0.6) is 11.5 Å². The number of hydrogen-bond donors (Lipinski definition) is 2. The lowest BCUT2D eigenvalue weighted by molar-refractivity contribution is -0.121. The smallest absolute Gasteiger partial charge is 0.221 e. The monoisotopic (exact) mass is 285 g/mol. The van der Waals surface area contributed by atoms with Gasteiger partial charge in [-0.15, -0.1) is 11.6 Å².